The molecule has 0 spiro atoms. The highest BCUT2D eigenvalue weighted by atomic mass is 16.2. The normalized spacial score (nSPS) is 11.5. The first-order valence-electron chi connectivity index (χ1n) is 8.05. The summed E-state index contributed by atoms with van der Waals surface area (Å²) in [6.07, 6.45) is 2.49. The van der Waals surface area contributed by atoms with Gasteiger partial charge in [0.25, 0.3) is 5.56 Å². The lowest BCUT2D eigenvalue weighted by Crippen LogP contribution is -2.37. The minimum atomic E-state index is -0.405. The number of fused-ring (bicyclic) bond motifs is 1. The molecule has 1 N–H and O–H groups in total. The van der Waals surface area contributed by atoms with Crippen molar-refractivity contribution < 1.29 is 0 Å². The second-order valence-corrected chi connectivity index (χ2v) is 5.75. The standard InChI is InChI=1S/C17H20N6O2/c1-4-10-23-13-14(21(2)17(25)22(3)15(13)24)19-16(23)20-18-11-12-8-6-5-7-9-12/h5-9,11H,4,10H2,1-3H3,(H,19,20). The number of aryl methyl sites for hydroxylation is 2. The molecule has 0 fully saturated rings. The number of hydrazone groups is 1. The molecule has 3 aromatic rings. The molecular weight excluding hydrogens is 320 g/mol. The van der Waals surface area contributed by atoms with Crippen LogP contribution in [0.25, 0.3) is 11.2 Å². The third kappa shape index (κ3) is 2.98. The van der Waals surface area contributed by atoms with Crippen molar-refractivity contribution in [2.24, 2.45) is 19.2 Å². The number of anilines is 1. The number of hydrogen-bond donors (Lipinski definition) is 1. The molecule has 2 heterocycles. The maximum absolute atomic E-state index is 12.5. The highest BCUT2D eigenvalue weighted by molar-refractivity contribution is 5.80. The number of hydrogen-bond acceptors (Lipinski definition) is 5. The van der Waals surface area contributed by atoms with Crippen molar-refractivity contribution in [3.05, 3.63) is 56.7 Å². The summed E-state index contributed by atoms with van der Waals surface area (Å²) in [6.45, 7) is 2.60. The molecule has 0 bridgehead atoms. The van der Waals surface area contributed by atoms with E-state index in [9.17, 15) is 9.59 Å². The Morgan fingerprint density at radius 2 is 1.88 bits per heavy atom. The zero-order chi connectivity index (χ0) is 18.0. The first-order chi connectivity index (χ1) is 12.0. The summed E-state index contributed by atoms with van der Waals surface area (Å²) in [5, 5.41) is 4.20. The molecule has 8 heteroatoms. The van der Waals surface area contributed by atoms with Gasteiger partial charge < -0.3 is 4.57 Å². The minimum Gasteiger partial charge on any atom is -0.303 e. The van der Waals surface area contributed by atoms with Crippen LogP contribution in [0.1, 0.15) is 18.9 Å². The van der Waals surface area contributed by atoms with E-state index in [0.29, 0.717) is 23.7 Å². The third-order valence-electron chi connectivity index (χ3n) is 3.97. The smallest absolute Gasteiger partial charge is 0.303 e. The average Bonchev–Trinajstić information content (AvgIpc) is 2.98. The van der Waals surface area contributed by atoms with E-state index in [-0.39, 0.29) is 5.56 Å². The minimum absolute atomic E-state index is 0.346. The summed E-state index contributed by atoms with van der Waals surface area (Å²) in [5.74, 6) is 0.433. The molecular formula is C17H20N6O2. The maximum Gasteiger partial charge on any atom is 0.332 e. The van der Waals surface area contributed by atoms with E-state index in [0.717, 1.165) is 16.6 Å². The lowest BCUT2D eigenvalue weighted by atomic mass is 10.2. The Labute approximate surface area is 144 Å². The van der Waals surface area contributed by atoms with Crippen LogP contribution in [0.3, 0.4) is 0 Å². The Hall–Kier alpha value is -3.16. The molecule has 0 saturated heterocycles. The van der Waals surface area contributed by atoms with Crippen molar-refractivity contribution in [3.8, 4) is 0 Å². The number of rotatable bonds is 5. The van der Waals surface area contributed by atoms with Gasteiger partial charge in [-0.15, -0.1) is 0 Å². The van der Waals surface area contributed by atoms with Crippen LogP contribution in [-0.4, -0.2) is 24.9 Å². The summed E-state index contributed by atoms with van der Waals surface area (Å²) < 4.78 is 4.22. The van der Waals surface area contributed by atoms with E-state index in [1.807, 2.05) is 37.3 Å². The van der Waals surface area contributed by atoms with E-state index in [2.05, 4.69) is 15.5 Å². The van der Waals surface area contributed by atoms with Crippen LogP contribution in [0, 0.1) is 0 Å². The number of imidazole rings is 1. The second kappa shape index (κ2) is 6.76. The van der Waals surface area contributed by atoms with Gasteiger partial charge in [0.1, 0.15) is 0 Å². The van der Waals surface area contributed by atoms with Gasteiger partial charge in [0.2, 0.25) is 5.95 Å². The second-order valence-electron chi connectivity index (χ2n) is 5.75. The van der Waals surface area contributed by atoms with E-state index in [1.54, 1.807) is 17.8 Å². The lowest BCUT2D eigenvalue weighted by molar-refractivity contribution is 0.679. The van der Waals surface area contributed by atoms with Gasteiger partial charge in [-0.1, -0.05) is 37.3 Å². The summed E-state index contributed by atoms with van der Waals surface area (Å²) in [4.78, 5) is 29.0. The first kappa shape index (κ1) is 16.7. The molecule has 0 unspecified atom stereocenters. The van der Waals surface area contributed by atoms with Gasteiger partial charge in [-0.25, -0.2) is 10.2 Å². The van der Waals surface area contributed by atoms with Gasteiger partial charge >= 0.3 is 5.69 Å². The summed E-state index contributed by atoms with van der Waals surface area (Å²) in [7, 11) is 3.07. The van der Waals surface area contributed by atoms with Gasteiger partial charge in [-0.2, -0.15) is 10.1 Å². The molecule has 0 aliphatic rings. The van der Waals surface area contributed by atoms with Crippen molar-refractivity contribution in [1.29, 1.82) is 0 Å². The van der Waals surface area contributed by atoms with Gasteiger partial charge in [0.15, 0.2) is 11.2 Å². The molecule has 0 aliphatic carbocycles. The van der Waals surface area contributed by atoms with E-state index >= 15 is 0 Å². The topological polar surface area (TPSA) is 86.2 Å². The van der Waals surface area contributed by atoms with Crippen molar-refractivity contribution in [3.63, 3.8) is 0 Å². The summed E-state index contributed by atoms with van der Waals surface area (Å²) in [5.41, 5.74) is 3.80. The molecule has 25 heavy (non-hydrogen) atoms. The predicted octanol–water partition coefficient (Wildman–Crippen LogP) is 1.29. The number of benzene rings is 1. The number of nitrogens with one attached hydrogen (secondary N) is 1. The Morgan fingerprint density at radius 3 is 2.56 bits per heavy atom. The highest BCUT2D eigenvalue weighted by Crippen LogP contribution is 2.16. The van der Waals surface area contributed by atoms with Gasteiger partial charge in [0.05, 0.1) is 6.21 Å². The third-order valence-corrected chi connectivity index (χ3v) is 3.97. The molecule has 1 aromatic carbocycles. The predicted molar refractivity (Wildman–Crippen MR) is 98.2 cm³/mol. The number of aromatic nitrogens is 4. The average molecular weight is 340 g/mol. The van der Waals surface area contributed by atoms with Crippen LogP contribution in [-0.2, 0) is 20.6 Å². The Bertz CT molecular complexity index is 1040. The van der Waals surface area contributed by atoms with Crippen LogP contribution in [0.5, 0.6) is 0 Å². The van der Waals surface area contributed by atoms with Crippen molar-refractivity contribution in [1.82, 2.24) is 18.7 Å². The van der Waals surface area contributed by atoms with Crippen LogP contribution in [0.2, 0.25) is 0 Å². The van der Waals surface area contributed by atoms with Crippen LogP contribution in [0.4, 0.5) is 5.95 Å². The molecule has 0 saturated carbocycles. The van der Waals surface area contributed by atoms with Crippen molar-refractivity contribution in [2.45, 2.75) is 19.9 Å². The fourth-order valence-electron chi connectivity index (χ4n) is 2.68. The van der Waals surface area contributed by atoms with Gasteiger partial charge in [0, 0.05) is 20.6 Å². The highest BCUT2D eigenvalue weighted by Gasteiger charge is 2.18. The van der Waals surface area contributed by atoms with Gasteiger partial charge in [-0.05, 0) is 12.0 Å². The SMILES string of the molecule is CCCn1c(NN=Cc2ccccc2)nc2c1c(=O)n(C)c(=O)n2C. The lowest BCUT2D eigenvalue weighted by Gasteiger charge is -2.07. The van der Waals surface area contributed by atoms with Crippen LogP contribution >= 0.6 is 0 Å². The van der Waals surface area contributed by atoms with Gasteiger partial charge in [-0.3, -0.25) is 13.9 Å². The molecule has 3 rings (SSSR count). The number of nitrogens with zero attached hydrogens (tertiary/aromatic N) is 5. The zero-order valence-corrected chi connectivity index (χ0v) is 14.4. The Kier molecular flexibility index (Phi) is 4.51. The molecule has 0 radical (unpaired) electrons. The molecule has 2 aromatic heterocycles. The largest absolute Gasteiger partial charge is 0.332 e. The maximum atomic E-state index is 12.5. The molecule has 0 aliphatic heterocycles. The quantitative estimate of drug-likeness (QED) is 0.560. The Morgan fingerprint density at radius 1 is 1.16 bits per heavy atom. The summed E-state index contributed by atoms with van der Waals surface area (Å²) in [6, 6.07) is 9.64. The van der Waals surface area contributed by atoms with Crippen LogP contribution in [0.15, 0.2) is 45.0 Å². The Balaban J connectivity index is 2.09. The fourth-order valence-corrected chi connectivity index (χ4v) is 2.68. The fraction of sp³-hybridized carbons (Fsp3) is 0.294. The molecule has 0 amide bonds. The van der Waals surface area contributed by atoms with Crippen molar-refractivity contribution >= 4 is 23.3 Å². The van der Waals surface area contributed by atoms with Crippen LogP contribution < -0.4 is 16.7 Å². The molecule has 0 atom stereocenters. The van der Waals surface area contributed by atoms with E-state index in [1.165, 1.54) is 11.6 Å². The van der Waals surface area contributed by atoms with E-state index in [4.69, 9.17) is 0 Å². The monoisotopic (exact) mass is 340 g/mol. The zero-order valence-electron chi connectivity index (χ0n) is 14.4. The van der Waals surface area contributed by atoms with Crippen molar-refractivity contribution in [2.75, 3.05) is 5.43 Å². The molecule has 130 valence electrons. The first-order valence-corrected chi connectivity index (χ1v) is 8.05. The molecule has 8 nitrogen and oxygen atoms in total. The summed E-state index contributed by atoms with van der Waals surface area (Å²) >= 11 is 0. The van der Waals surface area contributed by atoms with E-state index < -0.39 is 5.69 Å².